The minimum absolute atomic E-state index is 0.163. The van der Waals surface area contributed by atoms with Gasteiger partial charge in [-0.3, -0.25) is 4.79 Å². The van der Waals surface area contributed by atoms with E-state index in [4.69, 9.17) is 10.8 Å². The van der Waals surface area contributed by atoms with Crippen molar-refractivity contribution < 1.29 is 14.7 Å². The molecule has 0 aromatic heterocycles. The third-order valence-electron chi connectivity index (χ3n) is 2.05. The number of carbonyl (C=O) groups is 2. The minimum atomic E-state index is -1.03. The molecule has 0 aliphatic carbocycles. The molecule has 1 atom stereocenters. The number of carboxylic acid groups (broad SMARTS) is 1. The van der Waals surface area contributed by atoms with E-state index in [9.17, 15) is 9.59 Å². The summed E-state index contributed by atoms with van der Waals surface area (Å²) in [4.78, 5) is 21.7. The predicted molar refractivity (Wildman–Crippen MR) is 65.7 cm³/mol. The van der Waals surface area contributed by atoms with Crippen molar-refractivity contribution in [2.45, 2.75) is 51.6 Å². The van der Waals surface area contributed by atoms with Crippen molar-refractivity contribution in [3.8, 4) is 0 Å². The van der Waals surface area contributed by atoms with E-state index >= 15 is 0 Å². The van der Waals surface area contributed by atoms with E-state index in [1.165, 1.54) is 0 Å². The lowest BCUT2D eigenvalue weighted by molar-refractivity contribution is -0.123. The fourth-order valence-electron chi connectivity index (χ4n) is 1.28. The van der Waals surface area contributed by atoms with E-state index in [2.05, 4.69) is 10.6 Å². The van der Waals surface area contributed by atoms with Gasteiger partial charge < -0.3 is 21.5 Å². The van der Waals surface area contributed by atoms with Crippen LogP contribution in [0.1, 0.15) is 40.0 Å². The summed E-state index contributed by atoms with van der Waals surface area (Å²) in [5, 5.41) is 13.4. The summed E-state index contributed by atoms with van der Waals surface area (Å²) in [6, 6.07) is -0.529. The van der Waals surface area contributed by atoms with Gasteiger partial charge >= 0.3 is 6.09 Å². The summed E-state index contributed by atoms with van der Waals surface area (Å²) in [6.45, 7) is 6.08. The molecule has 0 bridgehead atoms. The SMILES string of the molecule is CC(C)(C)NC(=O)C(N)CCCCNC(=O)O. The zero-order valence-corrected chi connectivity index (χ0v) is 10.7. The first-order chi connectivity index (χ1) is 7.72. The van der Waals surface area contributed by atoms with Crippen LogP contribution in [0.4, 0.5) is 4.79 Å². The Morgan fingerprint density at radius 3 is 2.35 bits per heavy atom. The Labute approximate surface area is 102 Å². The number of hydrogen-bond acceptors (Lipinski definition) is 3. The number of carbonyl (C=O) groups excluding carboxylic acids is 1. The standard InChI is InChI=1S/C11H23N3O3/c1-11(2,3)14-9(15)8(12)6-4-5-7-13-10(16)17/h8,13H,4-7,12H2,1-3H3,(H,14,15)(H,16,17). The maximum Gasteiger partial charge on any atom is 0.404 e. The Morgan fingerprint density at radius 1 is 1.29 bits per heavy atom. The molecule has 5 N–H and O–H groups in total. The smallest absolute Gasteiger partial charge is 0.404 e. The molecule has 0 aromatic rings. The summed E-state index contributed by atoms with van der Waals surface area (Å²) in [7, 11) is 0. The quantitative estimate of drug-likeness (QED) is 0.516. The molecule has 0 fully saturated rings. The first-order valence-corrected chi connectivity index (χ1v) is 5.77. The van der Waals surface area contributed by atoms with Crippen LogP contribution in [-0.2, 0) is 4.79 Å². The molecule has 0 spiro atoms. The van der Waals surface area contributed by atoms with Crippen LogP contribution in [0.3, 0.4) is 0 Å². The molecular weight excluding hydrogens is 222 g/mol. The molecule has 0 saturated carbocycles. The van der Waals surface area contributed by atoms with Crippen molar-refractivity contribution in [3.63, 3.8) is 0 Å². The summed E-state index contributed by atoms with van der Waals surface area (Å²) in [6.07, 6.45) is 0.935. The molecule has 0 rings (SSSR count). The van der Waals surface area contributed by atoms with Gasteiger partial charge in [-0.05, 0) is 40.0 Å². The van der Waals surface area contributed by atoms with Crippen LogP contribution < -0.4 is 16.4 Å². The summed E-state index contributed by atoms with van der Waals surface area (Å²) in [5.41, 5.74) is 5.44. The molecule has 0 heterocycles. The highest BCUT2D eigenvalue weighted by Crippen LogP contribution is 2.03. The lowest BCUT2D eigenvalue weighted by Gasteiger charge is -2.23. The molecule has 100 valence electrons. The molecule has 0 saturated heterocycles. The van der Waals surface area contributed by atoms with Crippen LogP contribution >= 0.6 is 0 Å². The second-order valence-corrected chi connectivity index (χ2v) is 5.07. The number of amides is 2. The highest BCUT2D eigenvalue weighted by Gasteiger charge is 2.18. The normalized spacial score (nSPS) is 12.9. The Hall–Kier alpha value is -1.30. The van der Waals surface area contributed by atoms with Gasteiger partial charge in [0.05, 0.1) is 6.04 Å². The molecular formula is C11H23N3O3. The van der Waals surface area contributed by atoms with E-state index < -0.39 is 12.1 Å². The van der Waals surface area contributed by atoms with E-state index in [0.717, 1.165) is 6.42 Å². The molecule has 17 heavy (non-hydrogen) atoms. The Balaban J connectivity index is 3.68. The van der Waals surface area contributed by atoms with Gasteiger partial charge in [0.1, 0.15) is 0 Å². The molecule has 6 heteroatoms. The minimum Gasteiger partial charge on any atom is -0.465 e. The second-order valence-electron chi connectivity index (χ2n) is 5.07. The highest BCUT2D eigenvalue weighted by atomic mass is 16.4. The third-order valence-corrected chi connectivity index (χ3v) is 2.05. The number of hydrogen-bond donors (Lipinski definition) is 4. The van der Waals surface area contributed by atoms with Gasteiger partial charge in [0.2, 0.25) is 5.91 Å². The second kappa shape index (κ2) is 7.11. The van der Waals surface area contributed by atoms with E-state index in [-0.39, 0.29) is 11.4 Å². The fourth-order valence-corrected chi connectivity index (χ4v) is 1.28. The molecule has 2 amide bonds. The molecule has 6 nitrogen and oxygen atoms in total. The number of nitrogens with one attached hydrogen (secondary N) is 2. The van der Waals surface area contributed by atoms with Crippen molar-refractivity contribution in [3.05, 3.63) is 0 Å². The largest absolute Gasteiger partial charge is 0.465 e. The van der Waals surface area contributed by atoms with Crippen molar-refractivity contribution in [1.82, 2.24) is 10.6 Å². The van der Waals surface area contributed by atoms with Crippen molar-refractivity contribution >= 4 is 12.0 Å². The lowest BCUT2D eigenvalue weighted by atomic mass is 10.1. The van der Waals surface area contributed by atoms with Crippen LogP contribution in [-0.4, -0.2) is 35.2 Å². The molecule has 0 aliphatic rings. The van der Waals surface area contributed by atoms with Gasteiger partial charge in [0.25, 0.3) is 0 Å². The zero-order valence-electron chi connectivity index (χ0n) is 10.7. The van der Waals surface area contributed by atoms with Gasteiger partial charge in [-0.15, -0.1) is 0 Å². The van der Waals surface area contributed by atoms with Gasteiger partial charge in [-0.25, -0.2) is 4.79 Å². The Bertz CT molecular complexity index is 261. The molecule has 0 aliphatic heterocycles. The molecule has 1 unspecified atom stereocenters. The first kappa shape index (κ1) is 15.7. The van der Waals surface area contributed by atoms with Gasteiger partial charge in [0.15, 0.2) is 0 Å². The van der Waals surface area contributed by atoms with Gasteiger partial charge in [-0.1, -0.05) is 0 Å². The monoisotopic (exact) mass is 245 g/mol. The number of unbranched alkanes of at least 4 members (excludes halogenated alkanes) is 1. The molecule has 0 aromatic carbocycles. The van der Waals surface area contributed by atoms with Crippen LogP contribution in [0.25, 0.3) is 0 Å². The van der Waals surface area contributed by atoms with Crippen molar-refractivity contribution in [2.24, 2.45) is 5.73 Å². The Kier molecular flexibility index (Phi) is 6.57. The highest BCUT2D eigenvalue weighted by molar-refractivity contribution is 5.82. The van der Waals surface area contributed by atoms with E-state index in [0.29, 0.717) is 19.4 Å². The lowest BCUT2D eigenvalue weighted by Crippen LogP contribution is -2.48. The maximum absolute atomic E-state index is 11.6. The van der Waals surface area contributed by atoms with Crippen LogP contribution in [0.5, 0.6) is 0 Å². The first-order valence-electron chi connectivity index (χ1n) is 5.77. The predicted octanol–water partition coefficient (Wildman–Crippen LogP) is 0.666. The van der Waals surface area contributed by atoms with Crippen LogP contribution in [0.2, 0.25) is 0 Å². The van der Waals surface area contributed by atoms with Crippen LogP contribution in [0.15, 0.2) is 0 Å². The Morgan fingerprint density at radius 2 is 1.88 bits per heavy atom. The van der Waals surface area contributed by atoms with E-state index in [1.807, 2.05) is 20.8 Å². The van der Waals surface area contributed by atoms with Crippen molar-refractivity contribution in [2.75, 3.05) is 6.54 Å². The summed E-state index contributed by atoms with van der Waals surface area (Å²) in [5.74, 6) is -0.163. The molecule has 0 radical (unpaired) electrons. The van der Waals surface area contributed by atoms with E-state index in [1.54, 1.807) is 0 Å². The fraction of sp³-hybridized carbons (Fsp3) is 0.818. The average molecular weight is 245 g/mol. The maximum atomic E-state index is 11.6. The van der Waals surface area contributed by atoms with Gasteiger partial charge in [0, 0.05) is 12.1 Å². The average Bonchev–Trinajstić information content (AvgIpc) is 2.13. The number of nitrogens with two attached hydrogens (primary N) is 1. The zero-order chi connectivity index (χ0) is 13.5. The van der Waals surface area contributed by atoms with Crippen LogP contribution in [0, 0.1) is 0 Å². The summed E-state index contributed by atoms with van der Waals surface area (Å²) >= 11 is 0. The topological polar surface area (TPSA) is 104 Å². The number of rotatable bonds is 6. The van der Waals surface area contributed by atoms with Crippen molar-refractivity contribution in [1.29, 1.82) is 0 Å². The summed E-state index contributed by atoms with van der Waals surface area (Å²) < 4.78 is 0. The third kappa shape index (κ3) is 9.62. The van der Waals surface area contributed by atoms with Gasteiger partial charge in [-0.2, -0.15) is 0 Å².